The summed E-state index contributed by atoms with van der Waals surface area (Å²) in [5, 5.41) is 14.0. The van der Waals surface area contributed by atoms with Gasteiger partial charge < -0.3 is 19.9 Å². The minimum absolute atomic E-state index is 0.0272. The van der Waals surface area contributed by atoms with E-state index in [-0.39, 0.29) is 17.2 Å². The number of aliphatic hydroxyl groups is 1. The Morgan fingerprint density at radius 2 is 1.61 bits per heavy atom. The van der Waals surface area contributed by atoms with Gasteiger partial charge in [-0.15, -0.1) is 0 Å². The van der Waals surface area contributed by atoms with Crippen LogP contribution in [-0.4, -0.2) is 36.9 Å². The number of hydrogen-bond donors (Lipinski definition) is 2. The second kappa shape index (κ2) is 9.95. The fourth-order valence-electron chi connectivity index (χ4n) is 4.29. The Bertz CT molecular complexity index is 1360. The molecule has 0 aromatic heterocycles. The fourth-order valence-corrected chi connectivity index (χ4v) is 4.29. The maximum Gasteiger partial charge on any atom is 0.300 e. The summed E-state index contributed by atoms with van der Waals surface area (Å²) in [6.45, 7) is 3.23. The number of nitrogens with one attached hydrogen (secondary N) is 1. The predicted molar refractivity (Wildman–Crippen MR) is 136 cm³/mol. The number of nitrogens with zero attached hydrogens (tertiary/aromatic N) is 1. The number of ketones is 1. The van der Waals surface area contributed by atoms with Gasteiger partial charge in [0.25, 0.3) is 11.7 Å². The van der Waals surface area contributed by atoms with Crippen molar-refractivity contribution in [2.24, 2.45) is 0 Å². The van der Waals surface area contributed by atoms with Crippen molar-refractivity contribution in [1.82, 2.24) is 0 Å². The Morgan fingerprint density at radius 1 is 0.944 bits per heavy atom. The highest BCUT2D eigenvalue weighted by Crippen LogP contribution is 2.43. The molecule has 1 saturated heterocycles. The van der Waals surface area contributed by atoms with Gasteiger partial charge in [-0.3, -0.25) is 19.3 Å². The van der Waals surface area contributed by atoms with Crippen LogP contribution in [0.4, 0.5) is 11.4 Å². The first kappa shape index (κ1) is 24.5. The van der Waals surface area contributed by atoms with Crippen LogP contribution < -0.4 is 19.7 Å². The van der Waals surface area contributed by atoms with Crippen molar-refractivity contribution in [3.05, 3.63) is 89.0 Å². The van der Waals surface area contributed by atoms with Gasteiger partial charge >= 0.3 is 0 Å². The van der Waals surface area contributed by atoms with Crippen molar-refractivity contribution in [2.45, 2.75) is 19.9 Å². The molecule has 1 atom stereocenters. The van der Waals surface area contributed by atoms with Crippen LogP contribution in [0, 0.1) is 6.92 Å². The van der Waals surface area contributed by atoms with E-state index in [2.05, 4.69) is 5.32 Å². The number of benzene rings is 3. The highest BCUT2D eigenvalue weighted by atomic mass is 16.5. The molecule has 0 bridgehead atoms. The molecule has 1 aliphatic heterocycles. The number of aryl methyl sites for hydroxylation is 1. The number of carbonyl (C=O) groups is 3. The third kappa shape index (κ3) is 4.53. The SMILES string of the molecule is COc1ccc(C2/C(=C(/O)c3ccc(OC)c(C)c3)C(=O)C(=O)N2c2ccc(NC(C)=O)cc2)cc1. The highest BCUT2D eigenvalue weighted by Gasteiger charge is 2.47. The van der Waals surface area contributed by atoms with Crippen molar-refractivity contribution in [3.8, 4) is 11.5 Å². The summed E-state index contributed by atoms with van der Waals surface area (Å²) in [6.07, 6.45) is 0. The Hall–Kier alpha value is -4.59. The molecule has 0 spiro atoms. The molecule has 0 aliphatic carbocycles. The number of Topliss-reactive ketones (excluding diaryl/α,β-unsaturated/α-hetero) is 1. The maximum atomic E-state index is 13.3. The van der Waals surface area contributed by atoms with E-state index < -0.39 is 17.7 Å². The smallest absolute Gasteiger partial charge is 0.300 e. The molecular formula is C28H26N2O6. The van der Waals surface area contributed by atoms with E-state index in [1.165, 1.54) is 11.8 Å². The fraction of sp³-hybridized carbons (Fsp3) is 0.179. The van der Waals surface area contributed by atoms with Crippen LogP contribution in [0.1, 0.15) is 29.7 Å². The van der Waals surface area contributed by atoms with E-state index in [0.29, 0.717) is 34.0 Å². The van der Waals surface area contributed by atoms with Crippen molar-refractivity contribution >= 4 is 34.7 Å². The van der Waals surface area contributed by atoms with Gasteiger partial charge in [-0.25, -0.2) is 0 Å². The van der Waals surface area contributed by atoms with Gasteiger partial charge in [-0.05, 0) is 72.6 Å². The van der Waals surface area contributed by atoms with Crippen LogP contribution in [0.15, 0.2) is 72.3 Å². The number of amides is 2. The first-order valence-electron chi connectivity index (χ1n) is 11.2. The summed E-state index contributed by atoms with van der Waals surface area (Å²) < 4.78 is 10.6. The van der Waals surface area contributed by atoms with Crippen LogP contribution in [0.5, 0.6) is 11.5 Å². The van der Waals surface area contributed by atoms with Gasteiger partial charge in [0.05, 0.1) is 25.8 Å². The quantitative estimate of drug-likeness (QED) is 0.300. The first-order valence-corrected chi connectivity index (χ1v) is 11.2. The summed E-state index contributed by atoms with van der Waals surface area (Å²) in [4.78, 5) is 39.4. The standard InChI is InChI=1S/C28H26N2O6/c1-16-15-19(7-14-23(16)36-4)26(32)24-25(18-5-12-22(35-3)13-6-18)30(28(34)27(24)33)21-10-8-20(9-11-21)29-17(2)31/h5-15,25,32H,1-4H3,(H,29,31)/b26-24-. The molecule has 1 unspecified atom stereocenters. The molecule has 8 nitrogen and oxygen atoms in total. The number of carbonyl (C=O) groups excluding carboxylic acids is 3. The van der Waals surface area contributed by atoms with E-state index in [9.17, 15) is 19.5 Å². The number of aliphatic hydroxyl groups excluding tert-OH is 1. The molecule has 3 aromatic carbocycles. The molecule has 2 N–H and O–H groups in total. The lowest BCUT2D eigenvalue weighted by molar-refractivity contribution is -0.132. The lowest BCUT2D eigenvalue weighted by Crippen LogP contribution is -2.29. The van der Waals surface area contributed by atoms with Crippen molar-refractivity contribution in [1.29, 1.82) is 0 Å². The van der Waals surface area contributed by atoms with Gasteiger partial charge in [0, 0.05) is 23.9 Å². The molecule has 4 rings (SSSR count). The molecule has 8 heteroatoms. The normalized spacial score (nSPS) is 16.7. The van der Waals surface area contributed by atoms with Crippen molar-refractivity contribution < 1.29 is 29.0 Å². The number of ether oxygens (including phenoxy) is 2. The summed E-state index contributed by atoms with van der Waals surface area (Å²) >= 11 is 0. The Kier molecular flexibility index (Phi) is 6.78. The lowest BCUT2D eigenvalue weighted by Gasteiger charge is -2.26. The largest absolute Gasteiger partial charge is 0.507 e. The van der Waals surface area contributed by atoms with Crippen LogP contribution >= 0.6 is 0 Å². The van der Waals surface area contributed by atoms with Gasteiger partial charge in [-0.2, -0.15) is 0 Å². The Labute approximate surface area is 208 Å². The van der Waals surface area contributed by atoms with E-state index in [1.807, 2.05) is 6.92 Å². The second-order valence-corrected chi connectivity index (χ2v) is 8.35. The minimum atomic E-state index is -0.884. The van der Waals surface area contributed by atoms with Crippen LogP contribution in [-0.2, 0) is 14.4 Å². The van der Waals surface area contributed by atoms with Gasteiger partial charge in [0.2, 0.25) is 5.91 Å². The van der Waals surface area contributed by atoms with Crippen LogP contribution in [0.3, 0.4) is 0 Å². The van der Waals surface area contributed by atoms with Crippen molar-refractivity contribution in [2.75, 3.05) is 24.4 Å². The van der Waals surface area contributed by atoms with Gasteiger partial charge in [-0.1, -0.05) is 12.1 Å². The Balaban J connectivity index is 1.87. The van der Waals surface area contributed by atoms with Crippen LogP contribution in [0.25, 0.3) is 5.76 Å². The molecular weight excluding hydrogens is 460 g/mol. The van der Waals surface area contributed by atoms with E-state index in [4.69, 9.17) is 9.47 Å². The van der Waals surface area contributed by atoms with E-state index in [1.54, 1.807) is 80.9 Å². The minimum Gasteiger partial charge on any atom is -0.507 e. The maximum absolute atomic E-state index is 13.3. The monoisotopic (exact) mass is 486 g/mol. The summed E-state index contributed by atoms with van der Waals surface area (Å²) in [7, 11) is 3.10. The second-order valence-electron chi connectivity index (χ2n) is 8.35. The predicted octanol–water partition coefficient (Wildman–Crippen LogP) is 4.60. The van der Waals surface area contributed by atoms with Gasteiger partial charge in [0.15, 0.2) is 0 Å². The molecule has 3 aromatic rings. The lowest BCUT2D eigenvalue weighted by atomic mass is 9.94. The van der Waals surface area contributed by atoms with E-state index in [0.717, 1.165) is 5.56 Å². The number of rotatable bonds is 6. The molecule has 2 amide bonds. The van der Waals surface area contributed by atoms with Crippen LogP contribution in [0.2, 0.25) is 0 Å². The Morgan fingerprint density at radius 3 is 2.17 bits per heavy atom. The topological polar surface area (TPSA) is 105 Å². The zero-order chi connectivity index (χ0) is 26.0. The summed E-state index contributed by atoms with van der Waals surface area (Å²) in [5.41, 5.74) is 2.75. The molecule has 1 fully saturated rings. The number of anilines is 2. The van der Waals surface area contributed by atoms with E-state index >= 15 is 0 Å². The average molecular weight is 487 g/mol. The summed E-state index contributed by atoms with van der Waals surface area (Å²) in [6, 6.07) is 17.7. The van der Waals surface area contributed by atoms with Crippen molar-refractivity contribution in [3.63, 3.8) is 0 Å². The average Bonchev–Trinajstić information content (AvgIpc) is 3.14. The summed E-state index contributed by atoms with van der Waals surface area (Å²) in [5.74, 6) is -0.824. The molecule has 1 heterocycles. The first-order chi connectivity index (χ1) is 17.2. The molecule has 0 radical (unpaired) electrons. The zero-order valence-corrected chi connectivity index (χ0v) is 20.4. The highest BCUT2D eigenvalue weighted by molar-refractivity contribution is 6.51. The molecule has 0 saturated carbocycles. The number of methoxy groups -OCH3 is 2. The third-order valence-corrected chi connectivity index (χ3v) is 6.01. The number of hydrogen-bond acceptors (Lipinski definition) is 6. The zero-order valence-electron chi connectivity index (χ0n) is 20.4. The molecule has 1 aliphatic rings. The molecule has 36 heavy (non-hydrogen) atoms. The molecule has 184 valence electrons. The van der Waals surface area contributed by atoms with Gasteiger partial charge in [0.1, 0.15) is 17.3 Å². The third-order valence-electron chi connectivity index (χ3n) is 6.01.